The van der Waals surface area contributed by atoms with E-state index in [1.165, 1.54) is 0 Å². The fourth-order valence-corrected chi connectivity index (χ4v) is 3.31. The van der Waals surface area contributed by atoms with Crippen LogP contribution in [0.2, 0.25) is 0 Å². The number of carbonyl (C=O) groups is 1. The summed E-state index contributed by atoms with van der Waals surface area (Å²) in [5, 5.41) is 6.34. The second kappa shape index (κ2) is 11.3. The first kappa shape index (κ1) is 22.6. The van der Waals surface area contributed by atoms with Crippen LogP contribution in [0.15, 0.2) is 29.3 Å². The molecule has 0 bridgehead atoms. The smallest absolute Gasteiger partial charge is 0.223 e. The first-order valence-electron chi connectivity index (χ1n) is 9.92. The Morgan fingerprint density at radius 2 is 1.89 bits per heavy atom. The number of para-hydroxylation sites is 2. The first-order chi connectivity index (χ1) is 13.2. The highest BCUT2D eigenvalue weighted by Gasteiger charge is 2.29. The summed E-state index contributed by atoms with van der Waals surface area (Å²) in [4.78, 5) is 21.0. The van der Waals surface area contributed by atoms with Crippen molar-refractivity contribution in [2.75, 3.05) is 57.8 Å². The van der Waals surface area contributed by atoms with Gasteiger partial charge in [-0.2, -0.15) is 0 Å². The van der Waals surface area contributed by atoms with Gasteiger partial charge in [-0.1, -0.05) is 12.1 Å². The van der Waals surface area contributed by atoms with Gasteiger partial charge >= 0.3 is 0 Å². The predicted molar refractivity (Wildman–Crippen MR) is 124 cm³/mol. The second-order valence-electron chi connectivity index (χ2n) is 6.95. The molecule has 0 unspecified atom stereocenters. The molecular formula is C20H32IN5O2. The largest absolute Gasteiger partial charge is 0.495 e. The average molecular weight is 501 g/mol. The van der Waals surface area contributed by atoms with Crippen LogP contribution in [0.5, 0.6) is 5.75 Å². The molecule has 1 amide bonds. The van der Waals surface area contributed by atoms with Crippen molar-refractivity contribution in [1.29, 1.82) is 0 Å². The third-order valence-electron chi connectivity index (χ3n) is 4.96. The minimum atomic E-state index is 0. The standard InChI is InChI=1S/C20H31N5O2.HI/c1-3-21-20(23-11-10-22-19(26)16-8-9-16)25-14-12-24(13-15-25)17-6-4-5-7-18(17)27-2;/h4-7,16H,3,8-15H2,1-2H3,(H,21,23)(H,22,26);1H. The predicted octanol–water partition coefficient (Wildman–Crippen LogP) is 1.93. The number of halogens is 1. The summed E-state index contributed by atoms with van der Waals surface area (Å²) >= 11 is 0. The van der Waals surface area contributed by atoms with E-state index < -0.39 is 0 Å². The lowest BCUT2D eigenvalue weighted by Gasteiger charge is -2.38. The topological polar surface area (TPSA) is 69.2 Å². The van der Waals surface area contributed by atoms with Gasteiger partial charge in [0.05, 0.1) is 19.3 Å². The Kier molecular flexibility index (Phi) is 9.14. The number of nitrogens with zero attached hydrogens (tertiary/aromatic N) is 3. The van der Waals surface area contributed by atoms with Crippen LogP contribution in [-0.4, -0.2) is 69.7 Å². The van der Waals surface area contributed by atoms with E-state index in [0.29, 0.717) is 13.1 Å². The quantitative estimate of drug-likeness (QED) is 0.259. The van der Waals surface area contributed by atoms with Crippen LogP contribution in [0.4, 0.5) is 5.69 Å². The molecule has 2 aliphatic rings. The zero-order chi connectivity index (χ0) is 19.1. The van der Waals surface area contributed by atoms with Gasteiger partial charge in [-0.15, -0.1) is 24.0 Å². The van der Waals surface area contributed by atoms with E-state index in [1.54, 1.807) is 7.11 Å². The first-order valence-corrected chi connectivity index (χ1v) is 9.92. The van der Waals surface area contributed by atoms with Crippen LogP contribution in [0.3, 0.4) is 0 Å². The molecule has 0 atom stereocenters. The van der Waals surface area contributed by atoms with Crippen molar-refractivity contribution in [3.05, 3.63) is 24.3 Å². The molecular weight excluding hydrogens is 469 g/mol. The van der Waals surface area contributed by atoms with E-state index in [0.717, 1.165) is 63.0 Å². The normalized spacial score (nSPS) is 17.0. The molecule has 1 aliphatic heterocycles. The van der Waals surface area contributed by atoms with Gasteiger partial charge in [0, 0.05) is 45.2 Å². The van der Waals surface area contributed by atoms with Crippen LogP contribution in [-0.2, 0) is 4.79 Å². The Balaban J connectivity index is 0.00000280. The molecule has 0 spiro atoms. The van der Waals surface area contributed by atoms with E-state index in [1.807, 2.05) is 18.2 Å². The Morgan fingerprint density at radius 1 is 1.18 bits per heavy atom. The number of nitrogens with one attached hydrogen (secondary N) is 2. The maximum atomic E-state index is 11.7. The number of benzene rings is 1. The Labute approximate surface area is 184 Å². The second-order valence-corrected chi connectivity index (χ2v) is 6.95. The number of methoxy groups -OCH3 is 1. The number of guanidine groups is 1. The van der Waals surface area contributed by atoms with Gasteiger partial charge in [-0.3, -0.25) is 9.79 Å². The third kappa shape index (κ3) is 6.15. The van der Waals surface area contributed by atoms with E-state index in [4.69, 9.17) is 9.73 Å². The van der Waals surface area contributed by atoms with Crippen molar-refractivity contribution in [3.8, 4) is 5.75 Å². The molecule has 2 fully saturated rings. The van der Waals surface area contributed by atoms with Crippen molar-refractivity contribution < 1.29 is 9.53 Å². The highest BCUT2D eigenvalue weighted by Crippen LogP contribution is 2.29. The zero-order valence-corrected chi connectivity index (χ0v) is 19.1. The number of piperazine rings is 1. The Hall–Kier alpha value is -1.71. The van der Waals surface area contributed by atoms with Crippen molar-refractivity contribution in [3.63, 3.8) is 0 Å². The minimum absolute atomic E-state index is 0. The third-order valence-corrected chi connectivity index (χ3v) is 4.96. The van der Waals surface area contributed by atoms with Crippen LogP contribution < -0.4 is 20.3 Å². The lowest BCUT2D eigenvalue weighted by molar-refractivity contribution is -0.122. The number of carbonyl (C=O) groups excluding carboxylic acids is 1. The molecule has 0 radical (unpaired) electrons. The molecule has 1 aromatic carbocycles. The molecule has 8 heteroatoms. The number of hydrogen-bond donors (Lipinski definition) is 2. The molecule has 0 aromatic heterocycles. The molecule has 1 heterocycles. The van der Waals surface area contributed by atoms with Crippen molar-refractivity contribution in [2.24, 2.45) is 10.9 Å². The van der Waals surface area contributed by atoms with Crippen LogP contribution in [0.1, 0.15) is 19.8 Å². The molecule has 1 aromatic rings. The lowest BCUT2D eigenvalue weighted by atomic mass is 10.2. The molecule has 1 saturated carbocycles. The monoisotopic (exact) mass is 501 g/mol. The fourth-order valence-electron chi connectivity index (χ4n) is 3.31. The van der Waals surface area contributed by atoms with Gasteiger partial charge < -0.3 is 25.2 Å². The van der Waals surface area contributed by atoms with Crippen molar-refractivity contribution >= 4 is 41.5 Å². The number of rotatable bonds is 7. The lowest BCUT2D eigenvalue weighted by Crippen LogP contribution is -2.52. The van der Waals surface area contributed by atoms with Gasteiger partial charge in [-0.05, 0) is 31.9 Å². The van der Waals surface area contributed by atoms with Crippen LogP contribution in [0, 0.1) is 5.92 Å². The maximum absolute atomic E-state index is 11.7. The summed E-state index contributed by atoms with van der Waals surface area (Å²) in [6.07, 6.45) is 2.07. The number of hydrogen-bond acceptors (Lipinski definition) is 4. The highest BCUT2D eigenvalue weighted by atomic mass is 127. The summed E-state index contributed by atoms with van der Waals surface area (Å²) in [6, 6.07) is 8.15. The molecule has 156 valence electrons. The van der Waals surface area contributed by atoms with E-state index >= 15 is 0 Å². The highest BCUT2D eigenvalue weighted by molar-refractivity contribution is 14.0. The fraction of sp³-hybridized carbons (Fsp3) is 0.600. The number of amides is 1. The van der Waals surface area contributed by atoms with Gasteiger partial charge in [0.2, 0.25) is 5.91 Å². The van der Waals surface area contributed by atoms with Gasteiger partial charge in [0.15, 0.2) is 5.96 Å². The van der Waals surface area contributed by atoms with Crippen molar-refractivity contribution in [1.82, 2.24) is 15.5 Å². The average Bonchev–Trinajstić information content (AvgIpc) is 3.56. The van der Waals surface area contributed by atoms with Gasteiger partial charge in [0.25, 0.3) is 0 Å². The summed E-state index contributed by atoms with van der Waals surface area (Å²) < 4.78 is 5.49. The Morgan fingerprint density at radius 3 is 2.54 bits per heavy atom. The molecule has 28 heavy (non-hydrogen) atoms. The molecule has 2 N–H and O–H groups in total. The number of aliphatic imine (C=N–C) groups is 1. The molecule has 1 aliphatic carbocycles. The molecule has 1 saturated heterocycles. The summed E-state index contributed by atoms with van der Waals surface area (Å²) in [7, 11) is 1.72. The summed E-state index contributed by atoms with van der Waals surface area (Å²) in [6.45, 7) is 7.76. The molecule has 3 rings (SSSR count). The maximum Gasteiger partial charge on any atom is 0.223 e. The number of anilines is 1. The van der Waals surface area contributed by atoms with Gasteiger partial charge in [-0.25, -0.2) is 0 Å². The van der Waals surface area contributed by atoms with E-state index in [9.17, 15) is 4.79 Å². The van der Waals surface area contributed by atoms with E-state index in [-0.39, 0.29) is 35.8 Å². The SMILES string of the molecule is CCNC(=NCCNC(=O)C1CC1)N1CCN(c2ccccc2OC)CC1.I. The van der Waals surface area contributed by atoms with E-state index in [2.05, 4.69) is 33.4 Å². The van der Waals surface area contributed by atoms with Crippen molar-refractivity contribution in [2.45, 2.75) is 19.8 Å². The van der Waals surface area contributed by atoms with Crippen LogP contribution in [0.25, 0.3) is 0 Å². The Bertz CT molecular complexity index is 658. The summed E-state index contributed by atoms with van der Waals surface area (Å²) in [5.74, 6) is 2.28. The van der Waals surface area contributed by atoms with Crippen LogP contribution >= 0.6 is 24.0 Å². The van der Waals surface area contributed by atoms with Gasteiger partial charge in [0.1, 0.15) is 5.75 Å². The minimum Gasteiger partial charge on any atom is -0.495 e. The zero-order valence-electron chi connectivity index (χ0n) is 16.8. The summed E-state index contributed by atoms with van der Waals surface area (Å²) in [5.41, 5.74) is 1.14. The number of ether oxygens (including phenoxy) is 1. The molecule has 7 nitrogen and oxygen atoms in total.